The van der Waals surface area contributed by atoms with E-state index in [-0.39, 0.29) is 17.9 Å². The summed E-state index contributed by atoms with van der Waals surface area (Å²) in [7, 11) is 0. The van der Waals surface area contributed by atoms with Crippen LogP contribution in [0, 0.1) is 5.92 Å². The zero-order chi connectivity index (χ0) is 24.7. The lowest BCUT2D eigenvalue weighted by atomic mass is 9.89. The molecule has 3 aromatic carbocycles. The van der Waals surface area contributed by atoms with Gasteiger partial charge in [0.15, 0.2) is 0 Å². The van der Waals surface area contributed by atoms with Crippen LogP contribution in [-0.2, 0) is 11.2 Å². The van der Waals surface area contributed by atoms with Crippen LogP contribution in [0.2, 0.25) is 0 Å². The van der Waals surface area contributed by atoms with Crippen molar-refractivity contribution < 1.29 is 9.59 Å². The van der Waals surface area contributed by atoms with E-state index in [0.29, 0.717) is 17.2 Å². The predicted molar refractivity (Wildman–Crippen MR) is 146 cm³/mol. The smallest absolute Gasteiger partial charge is 0.253 e. The van der Waals surface area contributed by atoms with Crippen molar-refractivity contribution in [2.75, 3.05) is 23.3 Å². The number of carbonyl (C=O) groups is 2. The molecule has 1 aliphatic carbocycles. The lowest BCUT2D eigenvalue weighted by Gasteiger charge is -2.35. The fourth-order valence-electron chi connectivity index (χ4n) is 4.81. The van der Waals surface area contributed by atoms with Crippen LogP contribution in [0.5, 0.6) is 0 Å². The number of benzene rings is 3. The van der Waals surface area contributed by atoms with Gasteiger partial charge in [-0.1, -0.05) is 60.7 Å². The van der Waals surface area contributed by atoms with Crippen molar-refractivity contribution in [3.8, 4) is 0 Å². The van der Waals surface area contributed by atoms with Gasteiger partial charge < -0.3 is 15.5 Å². The fourth-order valence-corrected chi connectivity index (χ4v) is 4.81. The summed E-state index contributed by atoms with van der Waals surface area (Å²) in [5.74, 6) is 0.374. The number of carbonyl (C=O) groups excluding carboxylic acids is 2. The van der Waals surface area contributed by atoms with Crippen LogP contribution in [0.15, 0.2) is 84.9 Å². The monoisotopic (exact) mass is 479 g/mol. The van der Waals surface area contributed by atoms with E-state index >= 15 is 0 Å². The lowest BCUT2D eigenvalue weighted by molar-refractivity contribution is -0.111. The summed E-state index contributed by atoms with van der Waals surface area (Å²) in [6, 6.07) is 26.4. The maximum absolute atomic E-state index is 13.1. The quantitative estimate of drug-likeness (QED) is 0.408. The highest BCUT2D eigenvalue weighted by atomic mass is 16.2. The third-order valence-electron chi connectivity index (χ3n) is 6.97. The first-order valence-electron chi connectivity index (χ1n) is 12.9. The largest absolute Gasteiger partial charge is 0.371 e. The van der Waals surface area contributed by atoms with Crippen LogP contribution in [-0.4, -0.2) is 30.9 Å². The van der Waals surface area contributed by atoms with Crippen LogP contribution in [0.1, 0.15) is 47.2 Å². The number of hydrogen-bond acceptors (Lipinski definition) is 3. The Kier molecular flexibility index (Phi) is 7.46. The molecule has 0 radical (unpaired) electrons. The third-order valence-corrected chi connectivity index (χ3v) is 6.97. The molecule has 1 heterocycles. The van der Waals surface area contributed by atoms with Crippen LogP contribution in [0.4, 0.5) is 11.4 Å². The second kappa shape index (κ2) is 11.3. The number of amides is 2. The molecule has 5 rings (SSSR count). The Balaban J connectivity index is 1.27. The van der Waals surface area contributed by atoms with Crippen LogP contribution >= 0.6 is 0 Å². The number of anilines is 2. The maximum atomic E-state index is 13.1. The lowest BCUT2D eigenvalue weighted by Crippen LogP contribution is -2.36. The van der Waals surface area contributed by atoms with Gasteiger partial charge >= 0.3 is 0 Å². The van der Waals surface area contributed by atoms with Crippen molar-refractivity contribution in [2.45, 2.75) is 38.1 Å². The van der Waals surface area contributed by atoms with E-state index < -0.39 is 0 Å². The van der Waals surface area contributed by atoms with Gasteiger partial charge in [0.05, 0.1) is 5.56 Å². The van der Waals surface area contributed by atoms with E-state index in [9.17, 15) is 9.59 Å². The van der Waals surface area contributed by atoms with Gasteiger partial charge in [0.1, 0.15) is 0 Å². The normalized spacial score (nSPS) is 16.2. The summed E-state index contributed by atoms with van der Waals surface area (Å²) in [6.45, 7) is 1.85. The maximum Gasteiger partial charge on any atom is 0.253 e. The average Bonchev–Trinajstić information content (AvgIpc) is 3.73. The zero-order valence-corrected chi connectivity index (χ0v) is 20.5. The Morgan fingerprint density at radius 1 is 0.861 bits per heavy atom. The SMILES string of the molecule is O=C(/C=C/c1ccccc1)Nc1ccc(N2CCC(Cc3ccccc3)CC2)c(C(=O)NC2CC2)c1. The molecular formula is C31H33N3O2. The second-order valence-corrected chi connectivity index (χ2v) is 9.83. The first-order valence-corrected chi connectivity index (χ1v) is 12.9. The molecule has 5 heteroatoms. The molecule has 0 atom stereocenters. The van der Waals surface area contributed by atoms with Crippen molar-refractivity contribution in [3.05, 3.63) is 102 Å². The van der Waals surface area contributed by atoms with Gasteiger partial charge in [-0.2, -0.15) is 0 Å². The zero-order valence-electron chi connectivity index (χ0n) is 20.5. The molecule has 0 spiro atoms. The minimum absolute atomic E-state index is 0.0603. The fraction of sp³-hybridized carbons (Fsp3) is 0.290. The molecule has 2 N–H and O–H groups in total. The first-order chi connectivity index (χ1) is 17.6. The summed E-state index contributed by atoms with van der Waals surface area (Å²) in [5, 5.41) is 6.04. The summed E-state index contributed by atoms with van der Waals surface area (Å²) in [4.78, 5) is 28.0. The van der Waals surface area contributed by atoms with Crippen molar-refractivity contribution in [2.24, 2.45) is 5.92 Å². The van der Waals surface area contributed by atoms with Crippen LogP contribution < -0.4 is 15.5 Å². The molecule has 1 saturated heterocycles. The molecule has 1 aliphatic heterocycles. The predicted octanol–water partition coefficient (Wildman–Crippen LogP) is 5.69. The Bertz CT molecular complexity index is 1210. The molecule has 2 aliphatic rings. The highest BCUT2D eigenvalue weighted by molar-refractivity contribution is 6.05. The standard InChI is InChI=1S/C31H33N3O2/c35-30(16-11-23-7-3-1-4-8-23)32-27-14-15-29(28(22-27)31(36)33-26-12-13-26)34-19-17-25(18-20-34)21-24-9-5-2-6-10-24/h1-11,14-16,22,25-26H,12-13,17-21H2,(H,32,35)(H,33,36)/b16-11+. The van der Waals surface area contributed by atoms with E-state index in [1.807, 2.05) is 48.5 Å². The molecule has 1 saturated carbocycles. The third kappa shape index (κ3) is 6.42. The van der Waals surface area contributed by atoms with Crippen LogP contribution in [0.3, 0.4) is 0 Å². The molecule has 5 nitrogen and oxygen atoms in total. The summed E-state index contributed by atoms with van der Waals surface area (Å²) < 4.78 is 0. The van der Waals surface area contributed by atoms with E-state index in [1.54, 1.807) is 6.08 Å². The Hall–Kier alpha value is -3.86. The van der Waals surface area contributed by atoms with Crippen molar-refractivity contribution in [1.29, 1.82) is 0 Å². The van der Waals surface area contributed by atoms with E-state index in [2.05, 4.69) is 45.9 Å². The number of nitrogens with one attached hydrogen (secondary N) is 2. The summed E-state index contributed by atoms with van der Waals surface area (Å²) >= 11 is 0. The van der Waals surface area contributed by atoms with Gasteiger partial charge in [-0.25, -0.2) is 0 Å². The number of piperidine rings is 1. The molecule has 0 unspecified atom stereocenters. The van der Waals surface area contributed by atoms with E-state index in [0.717, 1.165) is 56.4 Å². The summed E-state index contributed by atoms with van der Waals surface area (Å²) in [6.07, 6.45) is 8.67. The molecule has 2 fully saturated rings. The molecule has 184 valence electrons. The molecule has 2 amide bonds. The highest BCUT2D eigenvalue weighted by Crippen LogP contribution is 2.31. The van der Waals surface area contributed by atoms with Crippen molar-refractivity contribution >= 4 is 29.3 Å². The van der Waals surface area contributed by atoms with Gasteiger partial charge in [-0.05, 0) is 73.4 Å². The molecule has 0 aromatic heterocycles. The first kappa shape index (κ1) is 23.9. The highest BCUT2D eigenvalue weighted by Gasteiger charge is 2.27. The van der Waals surface area contributed by atoms with Gasteiger partial charge in [0.2, 0.25) is 5.91 Å². The van der Waals surface area contributed by atoms with Gasteiger partial charge in [0.25, 0.3) is 5.91 Å². The van der Waals surface area contributed by atoms with Gasteiger partial charge in [-0.15, -0.1) is 0 Å². The Morgan fingerprint density at radius 2 is 1.56 bits per heavy atom. The van der Waals surface area contributed by atoms with Crippen molar-refractivity contribution in [3.63, 3.8) is 0 Å². The Morgan fingerprint density at radius 3 is 2.25 bits per heavy atom. The van der Waals surface area contributed by atoms with Crippen LogP contribution in [0.25, 0.3) is 6.08 Å². The van der Waals surface area contributed by atoms with E-state index in [1.165, 1.54) is 11.6 Å². The topological polar surface area (TPSA) is 61.4 Å². The molecule has 36 heavy (non-hydrogen) atoms. The van der Waals surface area contributed by atoms with Gasteiger partial charge in [-0.3, -0.25) is 9.59 Å². The van der Waals surface area contributed by atoms with E-state index in [4.69, 9.17) is 0 Å². The number of rotatable bonds is 8. The minimum atomic E-state index is -0.220. The minimum Gasteiger partial charge on any atom is -0.371 e. The number of hydrogen-bond donors (Lipinski definition) is 2. The molecule has 3 aromatic rings. The Labute approximate surface area is 213 Å². The van der Waals surface area contributed by atoms with Crippen molar-refractivity contribution in [1.82, 2.24) is 5.32 Å². The molecular weight excluding hydrogens is 446 g/mol. The summed E-state index contributed by atoms with van der Waals surface area (Å²) in [5.41, 5.74) is 4.56. The number of nitrogens with zero attached hydrogens (tertiary/aromatic N) is 1. The average molecular weight is 480 g/mol. The second-order valence-electron chi connectivity index (χ2n) is 9.83. The van der Waals surface area contributed by atoms with Gasteiger partial charge in [0, 0.05) is 36.6 Å². The molecule has 0 bridgehead atoms.